The number of hydrogen-bond acceptors (Lipinski definition) is 3. The van der Waals surface area contributed by atoms with E-state index in [2.05, 4.69) is 28.6 Å². The van der Waals surface area contributed by atoms with Crippen molar-refractivity contribution in [3.05, 3.63) is 11.6 Å². The summed E-state index contributed by atoms with van der Waals surface area (Å²) >= 11 is 0. The maximum atomic E-state index is 5.68. The summed E-state index contributed by atoms with van der Waals surface area (Å²) in [6.45, 7) is 7.14. The van der Waals surface area contributed by atoms with Crippen LogP contribution >= 0.6 is 0 Å². The quantitative estimate of drug-likeness (QED) is 0.278. The van der Waals surface area contributed by atoms with Crippen LogP contribution in [0.4, 0.5) is 0 Å². The maximum absolute atomic E-state index is 5.68. The van der Waals surface area contributed by atoms with Crippen molar-refractivity contribution in [1.82, 2.24) is 10.6 Å². The first-order valence-corrected chi connectivity index (χ1v) is 9.78. The monoisotopic (exact) mass is 337 g/mol. The van der Waals surface area contributed by atoms with E-state index in [1.54, 1.807) is 5.57 Å². The van der Waals surface area contributed by atoms with Crippen molar-refractivity contribution < 1.29 is 9.47 Å². The highest BCUT2D eigenvalue weighted by Crippen LogP contribution is 2.19. The lowest BCUT2D eigenvalue weighted by Crippen LogP contribution is -2.38. The molecular weight excluding hydrogens is 302 g/mol. The molecule has 2 rings (SSSR count). The molecule has 0 aromatic rings. The third-order valence-corrected chi connectivity index (χ3v) is 4.51. The number of nitrogens with one attached hydrogen (secondary N) is 2. The highest BCUT2D eigenvalue weighted by molar-refractivity contribution is 5.79. The van der Waals surface area contributed by atoms with E-state index in [1.165, 1.54) is 32.1 Å². The van der Waals surface area contributed by atoms with Gasteiger partial charge in [-0.25, -0.2) is 0 Å². The SMILES string of the molecule is CCNC(=NCCCOCC1CCCO1)NCCC1=CCCCC1. The summed E-state index contributed by atoms with van der Waals surface area (Å²) in [7, 11) is 0. The molecule has 1 saturated heterocycles. The number of guanidine groups is 1. The van der Waals surface area contributed by atoms with Gasteiger partial charge in [-0.15, -0.1) is 0 Å². The fraction of sp³-hybridized carbons (Fsp3) is 0.842. The topological polar surface area (TPSA) is 54.9 Å². The maximum Gasteiger partial charge on any atom is 0.191 e. The molecule has 1 aliphatic carbocycles. The van der Waals surface area contributed by atoms with Gasteiger partial charge in [-0.2, -0.15) is 0 Å². The summed E-state index contributed by atoms with van der Waals surface area (Å²) < 4.78 is 11.2. The van der Waals surface area contributed by atoms with E-state index >= 15 is 0 Å². The predicted molar refractivity (Wildman–Crippen MR) is 99.6 cm³/mol. The lowest BCUT2D eigenvalue weighted by Gasteiger charge is -2.15. The van der Waals surface area contributed by atoms with E-state index in [4.69, 9.17) is 9.47 Å². The van der Waals surface area contributed by atoms with E-state index in [9.17, 15) is 0 Å². The van der Waals surface area contributed by atoms with Crippen LogP contribution in [0.5, 0.6) is 0 Å². The summed E-state index contributed by atoms with van der Waals surface area (Å²) in [6.07, 6.45) is 12.4. The third-order valence-electron chi connectivity index (χ3n) is 4.51. The van der Waals surface area contributed by atoms with Gasteiger partial charge < -0.3 is 20.1 Å². The van der Waals surface area contributed by atoms with Crippen molar-refractivity contribution in [2.24, 2.45) is 4.99 Å². The Kier molecular flexibility index (Phi) is 9.88. The van der Waals surface area contributed by atoms with Gasteiger partial charge in [0.15, 0.2) is 5.96 Å². The van der Waals surface area contributed by atoms with Crippen molar-refractivity contribution in [3.63, 3.8) is 0 Å². The van der Waals surface area contributed by atoms with Gasteiger partial charge in [0.05, 0.1) is 12.7 Å². The lowest BCUT2D eigenvalue weighted by atomic mass is 9.97. The molecule has 24 heavy (non-hydrogen) atoms. The van der Waals surface area contributed by atoms with Crippen LogP contribution in [0.3, 0.4) is 0 Å². The minimum atomic E-state index is 0.321. The molecule has 138 valence electrons. The lowest BCUT2D eigenvalue weighted by molar-refractivity contribution is 0.0171. The molecule has 0 radical (unpaired) electrons. The van der Waals surface area contributed by atoms with Crippen molar-refractivity contribution in [2.75, 3.05) is 39.5 Å². The molecule has 0 aromatic heterocycles. The Bertz CT molecular complexity index is 390. The Morgan fingerprint density at radius 3 is 3.04 bits per heavy atom. The standard InChI is InChI=1S/C19H35N3O2/c1-2-20-19(22-13-11-17-8-4-3-5-9-17)21-12-7-14-23-16-18-10-6-15-24-18/h8,18H,2-7,9-16H2,1H3,(H2,20,21,22). The van der Waals surface area contributed by atoms with Crippen LogP contribution in [-0.2, 0) is 9.47 Å². The van der Waals surface area contributed by atoms with Crippen LogP contribution in [-0.4, -0.2) is 51.5 Å². The second-order valence-corrected chi connectivity index (χ2v) is 6.61. The molecule has 1 atom stereocenters. The zero-order valence-corrected chi connectivity index (χ0v) is 15.3. The Morgan fingerprint density at radius 2 is 2.29 bits per heavy atom. The van der Waals surface area contributed by atoms with E-state index in [0.717, 1.165) is 64.7 Å². The Morgan fingerprint density at radius 1 is 1.33 bits per heavy atom. The number of ether oxygens (including phenoxy) is 2. The van der Waals surface area contributed by atoms with E-state index < -0.39 is 0 Å². The van der Waals surface area contributed by atoms with Gasteiger partial charge in [0.1, 0.15) is 0 Å². The average molecular weight is 338 g/mol. The Labute approximate surface area is 147 Å². The summed E-state index contributed by atoms with van der Waals surface area (Å²) in [4.78, 5) is 4.63. The fourth-order valence-corrected chi connectivity index (χ4v) is 3.16. The average Bonchev–Trinajstić information content (AvgIpc) is 3.12. The van der Waals surface area contributed by atoms with E-state index in [0.29, 0.717) is 6.10 Å². The third kappa shape index (κ3) is 8.15. The van der Waals surface area contributed by atoms with Gasteiger partial charge in [0, 0.05) is 32.8 Å². The number of aliphatic imine (C=N–C) groups is 1. The molecule has 5 heteroatoms. The van der Waals surface area contributed by atoms with Crippen LogP contribution in [0.1, 0.15) is 58.3 Å². The molecule has 1 aliphatic heterocycles. The minimum absolute atomic E-state index is 0.321. The first-order chi connectivity index (χ1) is 11.9. The largest absolute Gasteiger partial charge is 0.379 e. The van der Waals surface area contributed by atoms with Crippen LogP contribution in [0.15, 0.2) is 16.6 Å². The van der Waals surface area contributed by atoms with Gasteiger partial charge in [-0.1, -0.05) is 11.6 Å². The van der Waals surface area contributed by atoms with Gasteiger partial charge in [-0.3, -0.25) is 4.99 Å². The Balaban J connectivity index is 1.54. The predicted octanol–water partition coefficient (Wildman–Crippen LogP) is 3.02. The number of allylic oxidation sites excluding steroid dienone is 1. The van der Waals surface area contributed by atoms with Crippen molar-refractivity contribution in [3.8, 4) is 0 Å². The molecular formula is C19H35N3O2. The van der Waals surface area contributed by atoms with E-state index in [1.807, 2.05) is 0 Å². The molecule has 0 aromatic carbocycles. The van der Waals surface area contributed by atoms with Gasteiger partial charge in [0.25, 0.3) is 0 Å². The van der Waals surface area contributed by atoms with Crippen LogP contribution < -0.4 is 10.6 Å². The van der Waals surface area contributed by atoms with Crippen LogP contribution in [0.25, 0.3) is 0 Å². The first-order valence-electron chi connectivity index (χ1n) is 9.78. The number of rotatable bonds is 10. The summed E-state index contributed by atoms with van der Waals surface area (Å²) in [5, 5.41) is 6.76. The van der Waals surface area contributed by atoms with Gasteiger partial charge >= 0.3 is 0 Å². The smallest absolute Gasteiger partial charge is 0.191 e. The second kappa shape index (κ2) is 12.3. The van der Waals surface area contributed by atoms with Gasteiger partial charge in [0.2, 0.25) is 0 Å². The first kappa shape index (κ1) is 19.3. The molecule has 1 unspecified atom stereocenters. The summed E-state index contributed by atoms with van der Waals surface area (Å²) in [6, 6.07) is 0. The van der Waals surface area contributed by atoms with Crippen LogP contribution in [0.2, 0.25) is 0 Å². The minimum Gasteiger partial charge on any atom is -0.379 e. The highest BCUT2D eigenvalue weighted by atomic mass is 16.5. The molecule has 1 heterocycles. The van der Waals surface area contributed by atoms with Gasteiger partial charge in [-0.05, 0) is 58.3 Å². The molecule has 0 amide bonds. The van der Waals surface area contributed by atoms with Crippen LogP contribution in [0, 0.1) is 0 Å². The molecule has 0 bridgehead atoms. The van der Waals surface area contributed by atoms with Crippen molar-refractivity contribution >= 4 is 5.96 Å². The zero-order valence-electron chi connectivity index (χ0n) is 15.3. The molecule has 2 aliphatic rings. The van der Waals surface area contributed by atoms with E-state index in [-0.39, 0.29) is 0 Å². The number of hydrogen-bond donors (Lipinski definition) is 2. The fourth-order valence-electron chi connectivity index (χ4n) is 3.16. The number of nitrogens with zero attached hydrogens (tertiary/aromatic N) is 1. The zero-order chi connectivity index (χ0) is 16.9. The van der Waals surface area contributed by atoms with Crippen molar-refractivity contribution in [1.29, 1.82) is 0 Å². The summed E-state index contributed by atoms with van der Waals surface area (Å²) in [5.74, 6) is 0.924. The highest BCUT2D eigenvalue weighted by Gasteiger charge is 2.14. The van der Waals surface area contributed by atoms with Crippen molar-refractivity contribution in [2.45, 2.75) is 64.4 Å². The molecule has 0 saturated carbocycles. The molecule has 0 spiro atoms. The Hall–Kier alpha value is -1.07. The normalized spacial score (nSPS) is 21.6. The second-order valence-electron chi connectivity index (χ2n) is 6.61. The molecule has 2 N–H and O–H groups in total. The summed E-state index contributed by atoms with van der Waals surface area (Å²) in [5.41, 5.74) is 1.60. The molecule has 5 nitrogen and oxygen atoms in total. The molecule has 1 fully saturated rings.